The summed E-state index contributed by atoms with van der Waals surface area (Å²) in [6, 6.07) is 4.62. The number of hydrogen-bond donors (Lipinski definition) is 1. The lowest BCUT2D eigenvalue weighted by Crippen LogP contribution is -2.25. The number of hydrogen-bond acceptors (Lipinski definition) is 3. The van der Waals surface area contributed by atoms with Gasteiger partial charge in [0, 0.05) is 11.4 Å². The van der Waals surface area contributed by atoms with E-state index in [1.54, 1.807) is 0 Å². The molecule has 0 spiro atoms. The van der Waals surface area contributed by atoms with Crippen molar-refractivity contribution in [3.05, 3.63) is 40.9 Å². The topological polar surface area (TPSA) is 34.1 Å². The van der Waals surface area contributed by atoms with E-state index in [9.17, 15) is 0 Å². The van der Waals surface area contributed by atoms with Crippen molar-refractivity contribution in [2.45, 2.75) is 46.1 Å². The van der Waals surface area contributed by atoms with Crippen molar-refractivity contribution in [1.82, 2.24) is 10.3 Å². The van der Waals surface area contributed by atoms with Crippen LogP contribution in [-0.2, 0) is 4.74 Å². The molecule has 1 atom stereocenters. The first-order chi connectivity index (χ1) is 9.20. The molecule has 0 radical (unpaired) electrons. The quantitative estimate of drug-likeness (QED) is 0.880. The Kier molecular flexibility index (Phi) is 4.97. The van der Waals surface area contributed by atoms with Gasteiger partial charge in [-0.1, -0.05) is 6.92 Å². The molecule has 2 heterocycles. The van der Waals surface area contributed by atoms with Crippen LogP contribution in [0.2, 0.25) is 0 Å². The number of aryl methyl sites for hydroxylation is 2. The van der Waals surface area contributed by atoms with Crippen LogP contribution in [0.5, 0.6) is 0 Å². The van der Waals surface area contributed by atoms with E-state index >= 15 is 0 Å². The molecule has 1 aromatic rings. The fraction of sp³-hybridized carbons (Fsp3) is 0.562. The number of nitrogens with one attached hydrogen (secondary N) is 1. The van der Waals surface area contributed by atoms with Gasteiger partial charge in [-0.3, -0.25) is 4.98 Å². The monoisotopic (exact) mass is 260 g/mol. The maximum Gasteiger partial charge on any atom is 0.0876 e. The zero-order chi connectivity index (χ0) is 13.7. The Morgan fingerprint density at radius 1 is 1.32 bits per heavy atom. The first-order valence-electron chi connectivity index (χ1n) is 7.20. The normalized spacial score (nSPS) is 16.7. The molecule has 2 rings (SSSR count). The molecule has 0 saturated carbocycles. The van der Waals surface area contributed by atoms with Gasteiger partial charge in [-0.2, -0.15) is 0 Å². The average molecular weight is 260 g/mol. The Hall–Kier alpha value is -1.35. The molecule has 104 valence electrons. The summed E-state index contributed by atoms with van der Waals surface area (Å²) in [5.41, 5.74) is 4.81. The van der Waals surface area contributed by atoms with Gasteiger partial charge in [0.2, 0.25) is 0 Å². The second kappa shape index (κ2) is 6.71. The number of aromatic nitrogens is 1. The van der Waals surface area contributed by atoms with Gasteiger partial charge in [0.15, 0.2) is 0 Å². The zero-order valence-electron chi connectivity index (χ0n) is 12.2. The van der Waals surface area contributed by atoms with Gasteiger partial charge in [0.25, 0.3) is 0 Å². The molecular formula is C16H24N2O. The van der Waals surface area contributed by atoms with E-state index in [2.05, 4.69) is 43.2 Å². The molecule has 1 N–H and O–H groups in total. The molecular weight excluding hydrogens is 236 g/mol. The summed E-state index contributed by atoms with van der Waals surface area (Å²) in [5.74, 6) is 0. The summed E-state index contributed by atoms with van der Waals surface area (Å²) in [6.07, 6.45) is 5.30. The maximum atomic E-state index is 5.51. The largest absolute Gasteiger partial charge is 0.501 e. The van der Waals surface area contributed by atoms with Crippen LogP contribution in [0.15, 0.2) is 24.0 Å². The molecule has 0 amide bonds. The third kappa shape index (κ3) is 3.80. The van der Waals surface area contributed by atoms with E-state index in [1.165, 1.54) is 11.1 Å². The van der Waals surface area contributed by atoms with Crippen LogP contribution in [0.3, 0.4) is 0 Å². The fourth-order valence-corrected chi connectivity index (χ4v) is 2.58. The van der Waals surface area contributed by atoms with E-state index in [1.807, 2.05) is 6.26 Å². The van der Waals surface area contributed by atoms with Crippen molar-refractivity contribution >= 4 is 0 Å². The van der Waals surface area contributed by atoms with Gasteiger partial charge in [0.05, 0.1) is 18.9 Å². The van der Waals surface area contributed by atoms with Crippen molar-refractivity contribution in [3.63, 3.8) is 0 Å². The molecule has 19 heavy (non-hydrogen) atoms. The number of ether oxygens (including phenoxy) is 1. The maximum absolute atomic E-state index is 5.51. The van der Waals surface area contributed by atoms with Gasteiger partial charge in [0.1, 0.15) is 0 Å². The van der Waals surface area contributed by atoms with E-state index in [4.69, 9.17) is 4.74 Å². The second-order valence-corrected chi connectivity index (χ2v) is 5.24. The van der Waals surface area contributed by atoms with Crippen LogP contribution in [0.4, 0.5) is 0 Å². The minimum Gasteiger partial charge on any atom is -0.501 e. The van der Waals surface area contributed by atoms with Crippen molar-refractivity contribution in [3.8, 4) is 0 Å². The molecule has 1 aliphatic rings. The smallest absolute Gasteiger partial charge is 0.0876 e. The molecule has 1 aliphatic heterocycles. The molecule has 3 heteroatoms. The van der Waals surface area contributed by atoms with E-state index in [0.29, 0.717) is 0 Å². The average Bonchev–Trinajstić information content (AvgIpc) is 2.39. The van der Waals surface area contributed by atoms with Crippen molar-refractivity contribution in [2.75, 3.05) is 13.2 Å². The number of nitrogens with zero attached hydrogens (tertiary/aromatic N) is 1. The van der Waals surface area contributed by atoms with Crippen LogP contribution in [0.25, 0.3) is 0 Å². The Bertz CT molecular complexity index is 434. The summed E-state index contributed by atoms with van der Waals surface area (Å²) in [6.45, 7) is 8.16. The standard InChI is InChI=1S/C16H24N2O/c1-4-7-17-16(14-6-5-8-19-11-14)15-9-12(2)18-13(3)10-15/h9-11,16-17H,4-8H2,1-3H3. The van der Waals surface area contributed by atoms with Crippen LogP contribution < -0.4 is 5.32 Å². The molecule has 0 aromatic carbocycles. The van der Waals surface area contributed by atoms with Gasteiger partial charge in [-0.05, 0) is 62.9 Å². The molecule has 3 nitrogen and oxygen atoms in total. The molecule has 0 fully saturated rings. The van der Waals surface area contributed by atoms with Crippen LogP contribution in [0, 0.1) is 13.8 Å². The number of rotatable bonds is 5. The lowest BCUT2D eigenvalue weighted by Gasteiger charge is -2.25. The highest BCUT2D eigenvalue weighted by atomic mass is 16.5. The minimum absolute atomic E-state index is 0.264. The molecule has 0 bridgehead atoms. The predicted molar refractivity (Wildman–Crippen MR) is 78.0 cm³/mol. The van der Waals surface area contributed by atoms with E-state index in [0.717, 1.165) is 43.8 Å². The third-order valence-electron chi connectivity index (χ3n) is 3.37. The Balaban J connectivity index is 2.27. The van der Waals surface area contributed by atoms with E-state index < -0.39 is 0 Å². The van der Waals surface area contributed by atoms with Gasteiger partial charge < -0.3 is 10.1 Å². The first-order valence-corrected chi connectivity index (χ1v) is 7.20. The van der Waals surface area contributed by atoms with Gasteiger partial charge in [-0.15, -0.1) is 0 Å². The summed E-state index contributed by atoms with van der Waals surface area (Å²) < 4.78 is 5.51. The summed E-state index contributed by atoms with van der Waals surface area (Å²) >= 11 is 0. The molecule has 0 saturated heterocycles. The lowest BCUT2D eigenvalue weighted by atomic mass is 9.94. The van der Waals surface area contributed by atoms with Crippen molar-refractivity contribution < 1.29 is 4.74 Å². The van der Waals surface area contributed by atoms with Gasteiger partial charge in [-0.25, -0.2) is 0 Å². The van der Waals surface area contributed by atoms with E-state index in [-0.39, 0.29) is 6.04 Å². The van der Waals surface area contributed by atoms with Gasteiger partial charge >= 0.3 is 0 Å². The lowest BCUT2D eigenvalue weighted by molar-refractivity contribution is 0.219. The summed E-state index contributed by atoms with van der Waals surface area (Å²) in [5, 5.41) is 3.63. The number of pyridine rings is 1. The van der Waals surface area contributed by atoms with Crippen LogP contribution in [-0.4, -0.2) is 18.1 Å². The molecule has 0 aliphatic carbocycles. The predicted octanol–water partition coefficient (Wildman–Crippen LogP) is 3.43. The van der Waals surface area contributed by atoms with Crippen LogP contribution >= 0.6 is 0 Å². The van der Waals surface area contributed by atoms with Crippen molar-refractivity contribution in [1.29, 1.82) is 0 Å². The minimum atomic E-state index is 0.264. The van der Waals surface area contributed by atoms with Crippen LogP contribution in [0.1, 0.15) is 49.2 Å². The first kappa shape index (κ1) is 14.1. The Morgan fingerprint density at radius 3 is 2.63 bits per heavy atom. The fourth-order valence-electron chi connectivity index (χ4n) is 2.58. The van der Waals surface area contributed by atoms with Crippen molar-refractivity contribution in [2.24, 2.45) is 0 Å². The highest BCUT2D eigenvalue weighted by molar-refractivity contribution is 5.30. The third-order valence-corrected chi connectivity index (χ3v) is 3.37. The second-order valence-electron chi connectivity index (χ2n) is 5.24. The molecule has 1 unspecified atom stereocenters. The Morgan fingerprint density at radius 2 is 2.05 bits per heavy atom. The molecule has 1 aromatic heterocycles. The zero-order valence-corrected chi connectivity index (χ0v) is 12.2. The highest BCUT2D eigenvalue weighted by Gasteiger charge is 2.19. The SMILES string of the molecule is CCCNC(C1=COCCC1)c1cc(C)nc(C)c1. The Labute approximate surface area is 116 Å². The summed E-state index contributed by atoms with van der Waals surface area (Å²) in [4.78, 5) is 4.46. The highest BCUT2D eigenvalue weighted by Crippen LogP contribution is 2.28. The summed E-state index contributed by atoms with van der Waals surface area (Å²) in [7, 11) is 0.